The van der Waals surface area contributed by atoms with E-state index in [1.54, 1.807) is 31.0 Å². The van der Waals surface area contributed by atoms with Crippen LogP contribution in [0.25, 0.3) is 0 Å². The Morgan fingerprint density at radius 1 is 1.37 bits per heavy atom. The largest absolute Gasteiger partial charge is 0.466 e. The first-order valence-corrected chi connectivity index (χ1v) is 6.01. The SMILES string of the molecule is CCOC(=O)CCN(C)c1ccc(C(=O)NC)nn1. The Kier molecular flexibility index (Phi) is 5.72. The fourth-order valence-corrected chi connectivity index (χ4v) is 1.38. The maximum absolute atomic E-state index is 11.3. The van der Waals surface area contributed by atoms with E-state index in [1.165, 1.54) is 7.05 Å². The van der Waals surface area contributed by atoms with Gasteiger partial charge < -0.3 is 15.0 Å². The summed E-state index contributed by atoms with van der Waals surface area (Å²) in [5.74, 6) is 0.0643. The molecule has 104 valence electrons. The second kappa shape index (κ2) is 7.30. The third-order valence-corrected chi connectivity index (χ3v) is 2.46. The number of ether oxygens (including phenoxy) is 1. The number of esters is 1. The van der Waals surface area contributed by atoms with Crippen LogP contribution in [-0.2, 0) is 9.53 Å². The summed E-state index contributed by atoms with van der Waals surface area (Å²) in [6.45, 7) is 2.63. The van der Waals surface area contributed by atoms with E-state index in [0.717, 1.165) is 0 Å². The first kappa shape index (κ1) is 14.9. The van der Waals surface area contributed by atoms with Gasteiger partial charge >= 0.3 is 5.97 Å². The molecule has 0 saturated carbocycles. The normalized spacial score (nSPS) is 9.84. The Labute approximate surface area is 112 Å². The maximum atomic E-state index is 11.3. The number of carbonyl (C=O) groups excluding carboxylic acids is 2. The van der Waals surface area contributed by atoms with Crippen molar-refractivity contribution in [3.8, 4) is 0 Å². The molecule has 0 aliphatic carbocycles. The minimum Gasteiger partial charge on any atom is -0.466 e. The number of hydrogen-bond donors (Lipinski definition) is 1. The van der Waals surface area contributed by atoms with Crippen molar-refractivity contribution in [2.45, 2.75) is 13.3 Å². The third-order valence-electron chi connectivity index (χ3n) is 2.46. The molecule has 7 heteroatoms. The predicted molar refractivity (Wildman–Crippen MR) is 69.9 cm³/mol. The van der Waals surface area contributed by atoms with Gasteiger partial charge in [-0.2, -0.15) is 0 Å². The van der Waals surface area contributed by atoms with E-state index in [4.69, 9.17) is 4.74 Å². The molecule has 1 N–H and O–H groups in total. The zero-order chi connectivity index (χ0) is 14.3. The van der Waals surface area contributed by atoms with Gasteiger partial charge in [-0.3, -0.25) is 9.59 Å². The Morgan fingerprint density at radius 2 is 2.11 bits per heavy atom. The van der Waals surface area contributed by atoms with E-state index in [9.17, 15) is 9.59 Å². The van der Waals surface area contributed by atoms with Gasteiger partial charge in [-0.15, -0.1) is 10.2 Å². The van der Waals surface area contributed by atoms with E-state index < -0.39 is 0 Å². The standard InChI is InChI=1S/C12H18N4O3/c1-4-19-11(17)7-8-16(3)10-6-5-9(14-15-10)12(18)13-2/h5-6H,4,7-8H2,1-3H3,(H,13,18). The Bertz CT molecular complexity index is 433. The lowest BCUT2D eigenvalue weighted by atomic mass is 10.3. The van der Waals surface area contributed by atoms with Gasteiger partial charge in [0.2, 0.25) is 0 Å². The molecule has 1 aromatic heterocycles. The van der Waals surface area contributed by atoms with Crippen LogP contribution in [0.5, 0.6) is 0 Å². The summed E-state index contributed by atoms with van der Waals surface area (Å²) in [4.78, 5) is 24.3. The van der Waals surface area contributed by atoms with Gasteiger partial charge in [0, 0.05) is 20.6 Å². The molecule has 0 aliphatic rings. The van der Waals surface area contributed by atoms with Gasteiger partial charge in [0.25, 0.3) is 5.91 Å². The summed E-state index contributed by atoms with van der Waals surface area (Å²) >= 11 is 0. The van der Waals surface area contributed by atoms with Gasteiger partial charge in [0.15, 0.2) is 11.5 Å². The number of amides is 1. The fourth-order valence-electron chi connectivity index (χ4n) is 1.38. The van der Waals surface area contributed by atoms with Gasteiger partial charge in [-0.1, -0.05) is 0 Å². The lowest BCUT2D eigenvalue weighted by molar-refractivity contribution is -0.142. The van der Waals surface area contributed by atoms with E-state index in [2.05, 4.69) is 15.5 Å². The summed E-state index contributed by atoms with van der Waals surface area (Å²) in [6, 6.07) is 3.27. The highest BCUT2D eigenvalue weighted by atomic mass is 16.5. The van der Waals surface area contributed by atoms with Crippen molar-refractivity contribution >= 4 is 17.7 Å². The van der Waals surface area contributed by atoms with Crippen LogP contribution in [-0.4, -0.2) is 49.3 Å². The molecule has 0 aromatic carbocycles. The molecule has 1 amide bonds. The molecule has 0 bridgehead atoms. The van der Waals surface area contributed by atoms with Crippen LogP contribution in [0.15, 0.2) is 12.1 Å². The van der Waals surface area contributed by atoms with Crippen molar-refractivity contribution in [2.75, 3.05) is 32.1 Å². The predicted octanol–water partition coefficient (Wildman–Crippen LogP) is 0.226. The molecule has 0 radical (unpaired) electrons. The van der Waals surface area contributed by atoms with Crippen LogP contribution in [0, 0.1) is 0 Å². The average Bonchev–Trinajstić information content (AvgIpc) is 2.44. The van der Waals surface area contributed by atoms with Crippen LogP contribution in [0.3, 0.4) is 0 Å². The first-order chi connectivity index (χ1) is 9.08. The summed E-state index contributed by atoms with van der Waals surface area (Å²) in [5, 5.41) is 10.2. The molecular weight excluding hydrogens is 248 g/mol. The van der Waals surface area contributed by atoms with Crippen molar-refractivity contribution in [2.24, 2.45) is 0 Å². The van der Waals surface area contributed by atoms with Crippen molar-refractivity contribution in [1.82, 2.24) is 15.5 Å². The molecule has 0 fully saturated rings. The Hall–Kier alpha value is -2.18. The number of carbonyl (C=O) groups is 2. The molecule has 0 spiro atoms. The molecule has 0 aliphatic heterocycles. The molecule has 0 atom stereocenters. The van der Waals surface area contributed by atoms with Gasteiger partial charge in [0.05, 0.1) is 13.0 Å². The maximum Gasteiger partial charge on any atom is 0.307 e. The average molecular weight is 266 g/mol. The molecule has 7 nitrogen and oxygen atoms in total. The minimum atomic E-state index is -0.284. The highest BCUT2D eigenvalue weighted by molar-refractivity contribution is 5.91. The summed E-state index contributed by atoms with van der Waals surface area (Å²) in [5.41, 5.74) is 0.255. The van der Waals surface area contributed by atoms with Crippen LogP contribution in [0.4, 0.5) is 5.82 Å². The summed E-state index contributed by atoms with van der Waals surface area (Å²) in [6.07, 6.45) is 0.281. The lowest BCUT2D eigenvalue weighted by Crippen LogP contribution is -2.24. The number of nitrogens with one attached hydrogen (secondary N) is 1. The highest BCUT2D eigenvalue weighted by Gasteiger charge is 2.09. The van der Waals surface area contributed by atoms with E-state index in [0.29, 0.717) is 19.0 Å². The van der Waals surface area contributed by atoms with Gasteiger partial charge in [0.1, 0.15) is 0 Å². The van der Waals surface area contributed by atoms with Crippen LogP contribution in [0.2, 0.25) is 0 Å². The van der Waals surface area contributed by atoms with E-state index in [-0.39, 0.29) is 24.0 Å². The van der Waals surface area contributed by atoms with Crippen molar-refractivity contribution < 1.29 is 14.3 Å². The monoisotopic (exact) mass is 266 g/mol. The molecular formula is C12H18N4O3. The number of hydrogen-bond acceptors (Lipinski definition) is 6. The topological polar surface area (TPSA) is 84.4 Å². The molecule has 1 rings (SSSR count). The second-order valence-corrected chi connectivity index (χ2v) is 3.83. The molecule has 1 heterocycles. The zero-order valence-electron chi connectivity index (χ0n) is 11.3. The number of nitrogens with zero attached hydrogens (tertiary/aromatic N) is 3. The van der Waals surface area contributed by atoms with Crippen LogP contribution in [0.1, 0.15) is 23.8 Å². The number of anilines is 1. The van der Waals surface area contributed by atoms with Crippen molar-refractivity contribution in [3.05, 3.63) is 17.8 Å². The number of rotatable bonds is 6. The fraction of sp³-hybridized carbons (Fsp3) is 0.500. The quantitative estimate of drug-likeness (QED) is 0.742. The third kappa shape index (κ3) is 4.53. The molecule has 19 heavy (non-hydrogen) atoms. The minimum absolute atomic E-state index is 0.246. The van der Waals surface area contributed by atoms with E-state index >= 15 is 0 Å². The summed E-state index contributed by atoms with van der Waals surface area (Å²) < 4.78 is 4.84. The molecule has 0 saturated heterocycles. The zero-order valence-corrected chi connectivity index (χ0v) is 11.3. The van der Waals surface area contributed by atoms with E-state index in [1.807, 2.05) is 0 Å². The van der Waals surface area contributed by atoms with Gasteiger partial charge in [-0.05, 0) is 19.1 Å². The smallest absolute Gasteiger partial charge is 0.307 e. The van der Waals surface area contributed by atoms with Crippen LogP contribution >= 0.6 is 0 Å². The van der Waals surface area contributed by atoms with Crippen molar-refractivity contribution in [1.29, 1.82) is 0 Å². The molecule has 1 aromatic rings. The Balaban J connectivity index is 2.55. The summed E-state index contributed by atoms with van der Waals surface area (Å²) in [7, 11) is 3.33. The first-order valence-electron chi connectivity index (χ1n) is 6.01. The lowest BCUT2D eigenvalue weighted by Gasteiger charge is -2.16. The Morgan fingerprint density at radius 3 is 2.63 bits per heavy atom. The van der Waals surface area contributed by atoms with Crippen molar-refractivity contribution in [3.63, 3.8) is 0 Å². The number of aromatic nitrogens is 2. The highest BCUT2D eigenvalue weighted by Crippen LogP contribution is 2.08. The second-order valence-electron chi connectivity index (χ2n) is 3.83. The van der Waals surface area contributed by atoms with Crippen LogP contribution < -0.4 is 10.2 Å². The molecule has 0 unspecified atom stereocenters. The van der Waals surface area contributed by atoms with Gasteiger partial charge in [-0.25, -0.2) is 0 Å².